The van der Waals surface area contributed by atoms with Crippen molar-refractivity contribution in [2.45, 2.75) is 38.2 Å². The van der Waals surface area contributed by atoms with Gasteiger partial charge < -0.3 is 14.7 Å². The summed E-state index contributed by atoms with van der Waals surface area (Å²) in [6.07, 6.45) is 5.62. The van der Waals surface area contributed by atoms with Crippen LogP contribution < -0.4 is 0 Å². The number of carbonyl (C=O) groups is 2. The van der Waals surface area contributed by atoms with E-state index in [4.69, 9.17) is 9.84 Å². The smallest absolute Gasteiger partial charge is 0.329 e. The molecule has 1 N–H and O–H groups in total. The summed E-state index contributed by atoms with van der Waals surface area (Å²) < 4.78 is 5.33. The molecule has 116 valence electrons. The van der Waals surface area contributed by atoms with Crippen molar-refractivity contribution in [3.63, 3.8) is 0 Å². The molecule has 0 aromatic rings. The van der Waals surface area contributed by atoms with Crippen molar-refractivity contribution < 1.29 is 19.4 Å². The van der Waals surface area contributed by atoms with Crippen LogP contribution in [0.4, 0.5) is 0 Å². The minimum Gasteiger partial charge on any atom is -0.480 e. The maximum Gasteiger partial charge on any atom is 0.329 e. The largest absolute Gasteiger partial charge is 0.480 e. The Labute approximate surface area is 124 Å². The second-order valence-corrected chi connectivity index (χ2v) is 7.24. The second kappa shape index (κ2) is 4.97. The fourth-order valence-corrected chi connectivity index (χ4v) is 5.30. The fourth-order valence-electron chi connectivity index (χ4n) is 5.30. The van der Waals surface area contributed by atoms with Crippen molar-refractivity contribution >= 4 is 11.9 Å². The number of hydrogen-bond donors (Lipinski definition) is 1. The van der Waals surface area contributed by atoms with E-state index in [0.717, 1.165) is 37.8 Å². The number of rotatable bonds is 4. The van der Waals surface area contributed by atoms with E-state index in [1.807, 2.05) is 4.90 Å². The van der Waals surface area contributed by atoms with Crippen molar-refractivity contribution in [3.8, 4) is 0 Å². The SMILES string of the molecule is O=C(O)COC1CCN(C(=O)C2C3C4CCC(C4)C23)CC1. The number of amides is 1. The lowest BCUT2D eigenvalue weighted by Crippen LogP contribution is -2.42. The summed E-state index contributed by atoms with van der Waals surface area (Å²) >= 11 is 0. The number of carbonyl (C=O) groups excluding carboxylic acids is 1. The fraction of sp³-hybridized carbons (Fsp3) is 0.875. The van der Waals surface area contributed by atoms with Gasteiger partial charge in [-0.05, 0) is 55.8 Å². The molecule has 1 saturated heterocycles. The molecule has 4 atom stereocenters. The Morgan fingerprint density at radius 2 is 1.67 bits per heavy atom. The normalized spacial score (nSPS) is 41.1. The van der Waals surface area contributed by atoms with E-state index in [9.17, 15) is 9.59 Å². The Kier molecular flexibility index (Phi) is 3.21. The molecule has 4 aliphatic rings. The quantitative estimate of drug-likeness (QED) is 0.850. The molecule has 1 aliphatic heterocycles. The standard InChI is InChI=1S/C16H23NO4/c18-12(19)8-21-11-3-5-17(6-4-11)16(20)15-13-9-1-2-10(7-9)14(13)15/h9-11,13-15H,1-8H2,(H,18,19). The van der Waals surface area contributed by atoms with Crippen LogP contribution in [-0.2, 0) is 14.3 Å². The van der Waals surface area contributed by atoms with Gasteiger partial charge in [-0.25, -0.2) is 4.79 Å². The molecular weight excluding hydrogens is 270 g/mol. The van der Waals surface area contributed by atoms with Crippen LogP contribution in [0.25, 0.3) is 0 Å². The summed E-state index contributed by atoms with van der Waals surface area (Å²) in [6, 6.07) is 0. The zero-order valence-electron chi connectivity index (χ0n) is 12.2. The van der Waals surface area contributed by atoms with Gasteiger partial charge in [0.2, 0.25) is 5.91 Å². The summed E-state index contributed by atoms with van der Waals surface area (Å²) in [6.45, 7) is 1.23. The third-order valence-electron chi connectivity index (χ3n) is 6.22. The number of aliphatic carboxylic acids is 1. The van der Waals surface area contributed by atoms with Crippen molar-refractivity contribution in [2.75, 3.05) is 19.7 Å². The lowest BCUT2D eigenvalue weighted by Gasteiger charge is -2.32. The maximum atomic E-state index is 12.7. The number of likely N-dealkylation sites (tertiary alicyclic amines) is 1. The van der Waals surface area contributed by atoms with Crippen LogP contribution in [-0.4, -0.2) is 47.7 Å². The minimum absolute atomic E-state index is 0.0000309. The van der Waals surface area contributed by atoms with Crippen LogP contribution >= 0.6 is 0 Å². The molecule has 4 rings (SSSR count). The van der Waals surface area contributed by atoms with E-state index in [0.29, 0.717) is 23.7 Å². The third kappa shape index (κ3) is 2.26. The van der Waals surface area contributed by atoms with E-state index in [-0.39, 0.29) is 12.7 Å². The van der Waals surface area contributed by atoms with E-state index in [1.165, 1.54) is 19.3 Å². The monoisotopic (exact) mass is 293 g/mol. The van der Waals surface area contributed by atoms with Gasteiger partial charge in [0.25, 0.3) is 0 Å². The molecule has 0 aromatic heterocycles. The Hall–Kier alpha value is -1.10. The number of carboxylic acid groups (broad SMARTS) is 1. The van der Waals surface area contributed by atoms with E-state index >= 15 is 0 Å². The lowest BCUT2D eigenvalue weighted by atomic mass is 10.0. The van der Waals surface area contributed by atoms with Gasteiger partial charge in [0.1, 0.15) is 6.61 Å². The highest BCUT2D eigenvalue weighted by Crippen LogP contribution is 2.69. The molecule has 5 heteroatoms. The molecule has 1 heterocycles. The first kappa shape index (κ1) is 13.6. The summed E-state index contributed by atoms with van der Waals surface area (Å²) in [5.74, 6) is 2.87. The van der Waals surface area contributed by atoms with E-state index in [2.05, 4.69) is 0 Å². The molecule has 0 radical (unpaired) electrons. The molecule has 5 nitrogen and oxygen atoms in total. The van der Waals surface area contributed by atoms with Crippen LogP contribution in [0.2, 0.25) is 0 Å². The zero-order valence-corrected chi connectivity index (χ0v) is 12.2. The molecule has 3 aliphatic carbocycles. The number of hydrogen-bond acceptors (Lipinski definition) is 3. The number of fused-ring (bicyclic) bond motifs is 5. The van der Waals surface area contributed by atoms with Gasteiger partial charge in [-0.1, -0.05) is 0 Å². The number of carboxylic acids is 1. The van der Waals surface area contributed by atoms with Crippen LogP contribution in [0.3, 0.4) is 0 Å². The van der Waals surface area contributed by atoms with Crippen molar-refractivity contribution in [1.82, 2.24) is 4.90 Å². The van der Waals surface area contributed by atoms with Gasteiger partial charge in [-0.3, -0.25) is 4.79 Å². The van der Waals surface area contributed by atoms with E-state index in [1.54, 1.807) is 0 Å². The lowest BCUT2D eigenvalue weighted by molar-refractivity contribution is -0.147. The average Bonchev–Trinajstić information content (AvgIpc) is 2.92. The Morgan fingerprint density at radius 1 is 1.05 bits per heavy atom. The molecule has 0 aromatic carbocycles. The highest BCUT2D eigenvalue weighted by molar-refractivity contribution is 5.83. The topological polar surface area (TPSA) is 66.8 Å². The van der Waals surface area contributed by atoms with Gasteiger partial charge >= 0.3 is 5.97 Å². The average molecular weight is 293 g/mol. The predicted molar refractivity (Wildman–Crippen MR) is 74.5 cm³/mol. The molecule has 4 fully saturated rings. The molecule has 3 saturated carbocycles. The zero-order chi connectivity index (χ0) is 14.6. The highest BCUT2D eigenvalue weighted by atomic mass is 16.5. The van der Waals surface area contributed by atoms with Gasteiger partial charge in [-0.15, -0.1) is 0 Å². The van der Waals surface area contributed by atoms with Crippen molar-refractivity contribution in [1.29, 1.82) is 0 Å². The summed E-state index contributed by atoms with van der Waals surface area (Å²) in [5.41, 5.74) is 0. The minimum atomic E-state index is -0.921. The number of piperidine rings is 1. The first-order chi connectivity index (χ1) is 10.1. The molecule has 4 unspecified atom stereocenters. The van der Waals surface area contributed by atoms with Crippen LogP contribution in [0, 0.1) is 29.6 Å². The Morgan fingerprint density at radius 3 is 2.24 bits per heavy atom. The Bertz CT molecular complexity index is 441. The van der Waals surface area contributed by atoms with Crippen LogP contribution in [0.15, 0.2) is 0 Å². The van der Waals surface area contributed by atoms with Gasteiger partial charge in [-0.2, -0.15) is 0 Å². The molecule has 0 spiro atoms. The van der Waals surface area contributed by atoms with Crippen LogP contribution in [0.1, 0.15) is 32.1 Å². The summed E-state index contributed by atoms with van der Waals surface area (Å²) in [7, 11) is 0. The second-order valence-electron chi connectivity index (χ2n) is 7.24. The first-order valence-electron chi connectivity index (χ1n) is 8.27. The molecule has 2 bridgehead atoms. The number of ether oxygens (including phenoxy) is 1. The first-order valence-corrected chi connectivity index (χ1v) is 8.27. The highest BCUT2D eigenvalue weighted by Gasteiger charge is 2.67. The van der Waals surface area contributed by atoms with Gasteiger partial charge in [0.15, 0.2) is 0 Å². The van der Waals surface area contributed by atoms with Crippen molar-refractivity contribution in [3.05, 3.63) is 0 Å². The van der Waals surface area contributed by atoms with Crippen LogP contribution in [0.5, 0.6) is 0 Å². The third-order valence-corrected chi connectivity index (χ3v) is 6.22. The maximum absolute atomic E-state index is 12.7. The van der Waals surface area contributed by atoms with Crippen molar-refractivity contribution in [2.24, 2.45) is 29.6 Å². The van der Waals surface area contributed by atoms with E-state index < -0.39 is 5.97 Å². The van der Waals surface area contributed by atoms with Gasteiger partial charge in [0, 0.05) is 19.0 Å². The van der Waals surface area contributed by atoms with Gasteiger partial charge in [0.05, 0.1) is 6.10 Å². The molecular formula is C16H23NO4. The molecule has 1 amide bonds. The predicted octanol–water partition coefficient (Wildman–Crippen LogP) is 1.37. The molecule has 21 heavy (non-hydrogen) atoms. The summed E-state index contributed by atoms with van der Waals surface area (Å²) in [4.78, 5) is 25.2. The Balaban J connectivity index is 1.27. The number of nitrogens with zero attached hydrogens (tertiary/aromatic N) is 1. The summed E-state index contributed by atoms with van der Waals surface area (Å²) in [5, 5.41) is 8.62.